The summed E-state index contributed by atoms with van der Waals surface area (Å²) in [4.78, 5) is 16.4. The van der Waals surface area contributed by atoms with Crippen molar-refractivity contribution in [3.05, 3.63) is 42.4 Å². The maximum absolute atomic E-state index is 12.1. The highest BCUT2D eigenvalue weighted by atomic mass is 35.5. The molecule has 1 saturated heterocycles. The summed E-state index contributed by atoms with van der Waals surface area (Å²) in [6.45, 7) is 2.31. The maximum atomic E-state index is 12.1. The second-order valence-electron chi connectivity index (χ2n) is 5.23. The number of hydrogen-bond donors (Lipinski definition) is 2. The third kappa shape index (κ3) is 5.20. The Hall–Kier alpha value is -1.63. The minimum absolute atomic E-state index is 0. The van der Waals surface area contributed by atoms with Crippen LogP contribution < -0.4 is 10.6 Å². The third-order valence-electron chi connectivity index (χ3n) is 3.68. The van der Waals surface area contributed by atoms with Crippen molar-refractivity contribution in [3.63, 3.8) is 0 Å². The average Bonchev–Trinajstić information content (AvgIpc) is 3.08. The van der Waals surface area contributed by atoms with E-state index in [2.05, 4.69) is 20.7 Å². The van der Waals surface area contributed by atoms with E-state index in [-0.39, 0.29) is 36.6 Å². The van der Waals surface area contributed by atoms with Crippen LogP contribution in [-0.4, -0.2) is 33.8 Å². The molecular weight excluding hydrogens is 337 g/mol. The van der Waals surface area contributed by atoms with Crippen molar-refractivity contribution < 1.29 is 4.79 Å². The van der Waals surface area contributed by atoms with Gasteiger partial charge in [0, 0.05) is 31.7 Å². The zero-order chi connectivity index (χ0) is 14.5. The molecule has 1 fully saturated rings. The van der Waals surface area contributed by atoms with Gasteiger partial charge in [-0.1, -0.05) is 0 Å². The fourth-order valence-corrected chi connectivity index (χ4v) is 2.51. The molecule has 0 radical (unpaired) electrons. The molecule has 2 aromatic rings. The molecule has 1 aliphatic rings. The average molecular weight is 358 g/mol. The molecular formula is C15H21Cl2N5O. The van der Waals surface area contributed by atoms with Crippen LogP contribution in [0.5, 0.6) is 0 Å². The highest BCUT2D eigenvalue weighted by Crippen LogP contribution is 2.11. The highest BCUT2D eigenvalue weighted by Gasteiger charge is 2.20. The predicted molar refractivity (Wildman–Crippen MR) is 93.3 cm³/mol. The standard InChI is InChI=1S/C15H19N5O.2ClH/c21-15(13-3-1-5-16-11-13)18-10-12-4-7-17-14(9-12)20-8-2-6-19-20;;/h2,4,6-9,13,16H,1,3,5,10-11H2,(H,18,21);2*1H. The predicted octanol–water partition coefficient (Wildman–Crippen LogP) is 1.73. The topological polar surface area (TPSA) is 71.8 Å². The fraction of sp³-hybridized carbons (Fsp3) is 0.400. The van der Waals surface area contributed by atoms with E-state index in [1.54, 1.807) is 17.1 Å². The molecule has 1 aliphatic heterocycles. The molecule has 0 saturated carbocycles. The summed E-state index contributed by atoms with van der Waals surface area (Å²) >= 11 is 0. The van der Waals surface area contributed by atoms with Gasteiger partial charge in [0.1, 0.15) is 0 Å². The van der Waals surface area contributed by atoms with E-state index in [4.69, 9.17) is 0 Å². The number of halogens is 2. The van der Waals surface area contributed by atoms with E-state index >= 15 is 0 Å². The molecule has 1 amide bonds. The first-order valence-corrected chi connectivity index (χ1v) is 7.26. The van der Waals surface area contributed by atoms with E-state index in [0.717, 1.165) is 37.3 Å². The van der Waals surface area contributed by atoms with Gasteiger partial charge in [-0.3, -0.25) is 4.79 Å². The number of pyridine rings is 1. The Balaban J connectivity index is 0.00000132. The normalized spacial score (nSPS) is 16.8. The van der Waals surface area contributed by atoms with E-state index in [1.165, 1.54) is 0 Å². The van der Waals surface area contributed by atoms with Crippen LogP contribution in [-0.2, 0) is 11.3 Å². The quantitative estimate of drug-likeness (QED) is 0.873. The Morgan fingerprint density at radius 2 is 2.26 bits per heavy atom. The number of nitrogens with zero attached hydrogens (tertiary/aromatic N) is 3. The molecule has 0 spiro atoms. The molecule has 0 aromatic carbocycles. The number of piperidine rings is 1. The van der Waals surface area contributed by atoms with Gasteiger partial charge in [-0.15, -0.1) is 24.8 Å². The van der Waals surface area contributed by atoms with Crippen LogP contribution in [0, 0.1) is 5.92 Å². The molecule has 3 rings (SSSR count). The Labute approximate surface area is 147 Å². The van der Waals surface area contributed by atoms with Gasteiger partial charge in [0.25, 0.3) is 0 Å². The lowest BCUT2D eigenvalue weighted by Crippen LogP contribution is -2.40. The number of rotatable bonds is 4. The molecule has 2 aromatic heterocycles. The zero-order valence-electron chi connectivity index (χ0n) is 12.6. The summed E-state index contributed by atoms with van der Waals surface area (Å²) in [5.74, 6) is 0.969. The molecule has 1 atom stereocenters. The lowest BCUT2D eigenvalue weighted by molar-refractivity contribution is -0.125. The minimum atomic E-state index is 0. The lowest BCUT2D eigenvalue weighted by Gasteiger charge is -2.21. The van der Waals surface area contributed by atoms with Gasteiger partial charge in [0.2, 0.25) is 5.91 Å². The number of aromatic nitrogens is 3. The fourth-order valence-electron chi connectivity index (χ4n) is 2.51. The van der Waals surface area contributed by atoms with Crippen LogP contribution in [0.3, 0.4) is 0 Å². The van der Waals surface area contributed by atoms with E-state index < -0.39 is 0 Å². The number of nitrogens with one attached hydrogen (secondary N) is 2. The maximum Gasteiger partial charge on any atom is 0.224 e. The van der Waals surface area contributed by atoms with Crippen molar-refractivity contribution in [2.24, 2.45) is 5.92 Å². The van der Waals surface area contributed by atoms with Gasteiger partial charge in [-0.05, 0) is 43.1 Å². The van der Waals surface area contributed by atoms with Crippen LogP contribution in [0.2, 0.25) is 0 Å². The van der Waals surface area contributed by atoms with Crippen molar-refractivity contribution in [3.8, 4) is 5.82 Å². The molecule has 6 nitrogen and oxygen atoms in total. The smallest absolute Gasteiger partial charge is 0.224 e. The number of carbonyl (C=O) groups excluding carboxylic acids is 1. The Kier molecular flexibility index (Phi) is 8.02. The summed E-state index contributed by atoms with van der Waals surface area (Å²) in [6, 6.07) is 5.70. The lowest BCUT2D eigenvalue weighted by atomic mass is 9.99. The van der Waals surface area contributed by atoms with Crippen molar-refractivity contribution in [2.75, 3.05) is 13.1 Å². The van der Waals surface area contributed by atoms with Crippen molar-refractivity contribution in [2.45, 2.75) is 19.4 Å². The largest absolute Gasteiger partial charge is 0.352 e. The number of hydrogen-bond acceptors (Lipinski definition) is 4. The Morgan fingerprint density at radius 1 is 1.39 bits per heavy atom. The summed E-state index contributed by atoms with van der Waals surface area (Å²) in [7, 11) is 0. The van der Waals surface area contributed by atoms with Crippen LogP contribution in [0.15, 0.2) is 36.8 Å². The SMILES string of the molecule is Cl.Cl.O=C(NCc1ccnc(-n2cccn2)c1)C1CCCNC1. The number of carbonyl (C=O) groups is 1. The van der Waals surface area contributed by atoms with Crippen LogP contribution in [0.25, 0.3) is 5.82 Å². The summed E-state index contributed by atoms with van der Waals surface area (Å²) in [6.07, 6.45) is 7.33. The second kappa shape index (κ2) is 9.50. The van der Waals surface area contributed by atoms with Crippen LogP contribution in [0.1, 0.15) is 18.4 Å². The van der Waals surface area contributed by atoms with Crippen molar-refractivity contribution >= 4 is 30.7 Å². The third-order valence-corrected chi connectivity index (χ3v) is 3.68. The first-order chi connectivity index (χ1) is 10.3. The van der Waals surface area contributed by atoms with E-state index in [9.17, 15) is 4.79 Å². The zero-order valence-corrected chi connectivity index (χ0v) is 14.3. The monoisotopic (exact) mass is 357 g/mol. The molecule has 0 aliphatic carbocycles. The first kappa shape index (κ1) is 19.4. The van der Waals surface area contributed by atoms with Crippen molar-refractivity contribution in [1.29, 1.82) is 0 Å². The van der Waals surface area contributed by atoms with Crippen LogP contribution in [0.4, 0.5) is 0 Å². The Morgan fingerprint density at radius 3 is 2.96 bits per heavy atom. The highest BCUT2D eigenvalue weighted by molar-refractivity contribution is 5.85. The molecule has 3 heterocycles. The van der Waals surface area contributed by atoms with Gasteiger partial charge in [0.15, 0.2) is 5.82 Å². The van der Waals surface area contributed by atoms with Gasteiger partial charge in [-0.2, -0.15) is 5.10 Å². The molecule has 2 N–H and O–H groups in total. The van der Waals surface area contributed by atoms with Gasteiger partial charge in [-0.25, -0.2) is 9.67 Å². The first-order valence-electron chi connectivity index (χ1n) is 7.26. The summed E-state index contributed by atoms with van der Waals surface area (Å²) in [5, 5.41) is 10.4. The van der Waals surface area contributed by atoms with Crippen LogP contribution >= 0.6 is 24.8 Å². The summed E-state index contributed by atoms with van der Waals surface area (Å²) < 4.78 is 1.70. The van der Waals surface area contributed by atoms with E-state index in [0.29, 0.717) is 6.54 Å². The van der Waals surface area contributed by atoms with Gasteiger partial charge >= 0.3 is 0 Å². The summed E-state index contributed by atoms with van der Waals surface area (Å²) in [5.41, 5.74) is 1.02. The van der Waals surface area contributed by atoms with Gasteiger partial charge in [0.05, 0.1) is 5.92 Å². The molecule has 23 heavy (non-hydrogen) atoms. The molecule has 126 valence electrons. The van der Waals surface area contributed by atoms with Gasteiger partial charge < -0.3 is 10.6 Å². The second-order valence-corrected chi connectivity index (χ2v) is 5.23. The Bertz CT molecular complexity index is 600. The molecule has 0 bridgehead atoms. The molecule has 8 heteroatoms. The van der Waals surface area contributed by atoms with Crippen molar-refractivity contribution in [1.82, 2.24) is 25.4 Å². The molecule has 1 unspecified atom stereocenters. The van der Waals surface area contributed by atoms with E-state index in [1.807, 2.05) is 24.4 Å². The number of amides is 1. The minimum Gasteiger partial charge on any atom is -0.352 e.